The highest BCUT2D eigenvalue weighted by atomic mass is 16.3. The van der Waals surface area contributed by atoms with Gasteiger partial charge in [0.1, 0.15) is 17.3 Å². The molecule has 2 aromatic rings. The molecule has 1 saturated heterocycles. The molecule has 1 aromatic heterocycles. The highest BCUT2D eigenvalue weighted by Gasteiger charge is 2.54. The normalized spacial score (nSPS) is 24.3. The lowest BCUT2D eigenvalue weighted by molar-refractivity contribution is -0.133. The molecule has 12 heteroatoms. The van der Waals surface area contributed by atoms with E-state index in [1.165, 1.54) is 11.1 Å². The third kappa shape index (κ3) is 7.34. The smallest absolute Gasteiger partial charge is 0.318 e. The molecule has 2 saturated carbocycles. The van der Waals surface area contributed by atoms with Crippen molar-refractivity contribution in [2.75, 3.05) is 18.5 Å². The Balaban J connectivity index is 1.23. The van der Waals surface area contributed by atoms with Gasteiger partial charge in [-0.25, -0.2) is 4.79 Å². The summed E-state index contributed by atoms with van der Waals surface area (Å²) in [5, 5.41) is 26.8. The van der Waals surface area contributed by atoms with Gasteiger partial charge in [-0.3, -0.25) is 19.1 Å². The molecule has 1 aliphatic heterocycles. The molecular weight excluding hydrogens is 622 g/mol. The molecule has 12 nitrogen and oxygen atoms in total. The first-order chi connectivity index (χ1) is 23.6. The maximum absolute atomic E-state index is 14.4. The second kappa shape index (κ2) is 14.9. The number of nitrogens with one attached hydrogen (secondary N) is 4. The van der Waals surface area contributed by atoms with Crippen LogP contribution in [-0.2, 0) is 29.5 Å². The van der Waals surface area contributed by atoms with Gasteiger partial charge in [0.15, 0.2) is 0 Å². The molecule has 0 spiro atoms. The van der Waals surface area contributed by atoms with Crippen LogP contribution < -0.4 is 21.3 Å². The van der Waals surface area contributed by atoms with E-state index in [4.69, 9.17) is 0 Å². The number of benzene rings is 1. The van der Waals surface area contributed by atoms with Gasteiger partial charge in [-0.2, -0.15) is 5.10 Å². The molecule has 6 rings (SSSR count). The first-order valence-corrected chi connectivity index (χ1v) is 18.3. The number of carbonyl (C=O) groups excluding carboxylic acids is 4. The second-order valence-electron chi connectivity index (χ2n) is 15.1. The fraction of sp³-hybridized carbons (Fsp3) is 0.649. The molecule has 3 aliphatic carbocycles. The van der Waals surface area contributed by atoms with Crippen LogP contribution in [0.1, 0.15) is 99.7 Å². The summed E-state index contributed by atoms with van der Waals surface area (Å²) in [6.45, 7) is 4.39. The van der Waals surface area contributed by atoms with Crippen molar-refractivity contribution in [2.45, 2.75) is 115 Å². The number of hydrogen-bond donors (Lipinski definition) is 5. The predicted molar refractivity (Wildman–Crippen MR) is 186 cm³/mol. The maximum atomic E-state index is 14.4. The van der Waals surface area contributed by atoms with Crippen LogP contribution in [0.25, 0.3) is 0 Å². The summed E-state index contributed by atoms with van der Waals surface area (Å²) >= 11 is 0. The van der Waals surface area contributed by atoms with E-state index in [0.717, 1.165) is 68.9 Å². The summed E-state index contributed by atoms with van der Waals surface area (Å²) < 4.78 is 1.50. The van der Waals surface area contributed by atoms with E-state index in [9.17, 15) is 24.3 Å². The number of aromatic nitrogens is 2. The van der Waals surface area contributed by atoms with Crippen LogP contribution in [0.15, 0.2) is 30.5 Å². The monoisotopic (exact) mass is 675 g/mol. The minimum Gasteiger partial charge on any atom is -0.394 e. The van der Waals surface area contributed by atoms with Gasteiger partial charge in [0.2, 0.25) is 11.8 Å². The lowest BCUT2D eigenvalue weighted by atomic mass is 9.83. The quantitative estimate of drug-likeness (QED) is 0.245. The molecular formula is C37H53N7O5. The van der Waals surface area contributed by atoms with Crippen molar-refractivity contribution in [3.8, 4) is 0 Å². The topological polar surface area (TPSA) is 158 Å². The summed E-state index contributed by atoms with van der Waals surface area (Å²) in [6.07, 6.45) is 12.3. The molecule has 2 heterocycles. The largest absolute Gasteiger partial charge is 0.394 e. The summed E-state index contributed by atoms with van der Waals surface area (Å²) in [7, 11) is 1.70. The minimum absolute atomic E-state index is 0.0166. The van der Waals surface area contributed by atoms with Gasteiger partial charge in [-0.1, -0.05) is 58.4 Å². The van der Waals surface area contributed by atoms with E-state index >= 15 is 0 Å². The van der Waals surface area contributed by atoms with E-state index in [2.05, 4.69) is 40.2 Å². The number of aliphatic hydroxyl groups is 1. The van der Waals surface area contributed by atoms with Gasteiger partial charge in [0.05, 0.1) is 18.7 Å². The summed E-state index contributed by atoms with van der Waals surface area (Å²) in [5.74, 6) is -0.439. The first kappa shape index (κ1) is 34.9. The van der Waals surface area contributed by atoms with E-state index in [-0.39, 0.29) is 60.2 Å². The predicted octanol–water partition coefficient (Wildman–Crippen LogP) is 3.68. The number of carbonyl (C=O) groups is 4. The maximum Gasteiger partial charge on any atom is 0.318 e. The fourth-order valence-corrected chi connectivity index (χ4v) is 8.56. The number of rotatable bonds is 11. The Morgan fingerprint density at radius 3 is 2.24 bits per heavy atom. The lowest BCUT2D eigenvalue weighted by Crippen LogP contribution is -2.63. The number of urea groups is 1. The van der Waals surface area contributed by atoms with E-state index < -0.39 is 11.6 Å². The number of nitrogens with zero attached hydrogens (tertiary/aromatic N) is 3. The molecule has 5 amide bonds. The van der Waals surface area contributed by atoms with Gasteiger partial charge in [0.25, 0.3) is 5.91 Å². The van der Waals surface area contributed by atoms with E-state index in [0.29, 0.717) is 30.8 Å². The zero-order valence-electron chi connectivity index (χ0n) is 29.2. The van der Waals surface area contributed by atoms with Crippen LogP contribution in [0.5, 0.6) is 0 Å². The van der Waals surface area contributed by atoms with Crippen molar-refractivity contribution in [3.05, 3.63) is 47.3 Å². The van der Waals surface area contributed by atoms with Crippen LogP contribution in [0.4, 0.5) is 10.5 Å². The van der Waals surface area contributed by atoms with Crippen molar-refractivity contribution >= 4 is 29.4 Å². The molecule has 0 bridgehead atoms. The summed E-state index contributed by atoms with van der Waals surface area (Å²) in [5.41, 5.74) is 1.64. The molecule has 4 aliphatic rings. The average Bonchev–Trinajstić information content (AvgIpc) is 3.83. The highest BCUT2D eigenvalue weighted by molar-refractivity contribution is 6.01. The average molecular weight is 676 g/mol. The molecule has 266 valence electrons. The second-order valence-corrected chi connectivity index (χ2v) is 15.1. The molecule has 0 radical (unpaired) electrons. The number of aliphatic hydroxyl groups excluding tert-OH is 1. The SMILES string of the molecule is CC(C)[C@@H]1CN(C2(C(=O)N[C@@H](CO)C3CCCCC3)Cc3ccc(NC(=O)[C@@H](NC(=O)c4ccnn4C)C4CCCCC4)cc3C2)C(=O)N1. The summed E-state index contributed by atoms with van der Waals surface area (Å²) in [4.78, 5) is 56.8. The first-order valence-electron chi connectivity index (χ1n) is 18.3. The third-order valence-electron chi connectivity index (χ3n) is 11.6. The van der Waals surface area contributed by atoms with Crippen LogP contribution in [-0.4, -0.2) is 80.4 Å². The van der Waals surface area contributed by atoms with Crippen molar-refractivity contribution in [3.63, 3.8) is 0 Å². The van der Waals surface area contributed by atoms with Crippen LogP contribution in [0, 0.1) is 17.8 Å². The third-order valence-corrected chi connectivity index (χ3v) is 11.6. The Morgan fingerprint density at radius 1 is 0.959 bits per heavy atom. The Kier molecular flexibility index (Phi) is 10.6. The lowest BCUT2D eigenvalue weighted by Gasteiger charge is -2.39. The van der Waals surface area contributed by atoms with Crippen molar-refractivity contribution < 1.29 is 24.3 Å². The van der Waals surface area contributed by atoms with Gasteiger partial charge >= 0.3 is 6.03 Å². The van der Waals surface area contributed by atoms with Gasteiger partial charge in [-0.15, -0.1) is 0 Å². The van der Waals surface area contributed by atoms with Crippen LogP contribution >= 0.6 is 0 Å². The van der Waals surface area contributed by atoms with Crippen molar-refractivity contribution in [1.29, 1.82) is 0 Å². The molecule has 49 heavy (non-hydrogen) atoms. The Bertz CT molecular complexity index is 1530. The number of amides is 5. The van der Waals surface area contributed by atoms with Crippen LogP contribution in [0.3, 0.4) is 0 Å². The fourth-order valence-electron chi connectivity index (χ4n) is 8.56. The van der Waals surface area contributed by atoms with Crippen LogP contribution in [0.2, 0.25) is 0 Å². The Morgan fingerprint density at radius 2 is 1.63 bits per heavy atom. The number of anilines is 1. The Hall–Kier alpha value is -3.93. The molecule has 3 fully saturated rings. The van der Waals surface area contributed by atoms with Gasteiger partial charge in [-0.05, 0) is 72.8 Å². The number of fused-ring (bicyclic) bond motifs is 1. The minimum atomic E-state index is -1.16. The standard InChI is InChI=1S/C37H53N7O5/c1-23(2)29-21-44(36(49)41-29)37(35(48)40-30(22-45)24-10-6-4-7-11-24)19-26-14-15-28(18-27(26)20-37)39-34(47)32(25-12-8-5-9-13-25)42-33(46)31-16-17-38-43(31)3/h14-18,23-25,29-30,32,45H,4-13,19-22H2,1-3H3,(H,39,47)(H,40,48)(H,41,49)(H,42,46)/t29-,30-,32-,37?/m0/s1. The molecule has 4 atom stereocenters. The summed E-state index contributed by atoms with van der Waals surface area (Å²) in [6, 6.07) is 5.89. The zero-order chi connectivity index (χ0) is 34.7. The molecule has 1 aromatic carbocycles. The Labute approximate surface area is 289 Å². The van der Waals surface area contributed by atoms with Gasteiger partial charge < -0.3 is 31.3 Å². The van der Waals surface area contributed by atoms with E-state index in [1.54, 1.807) is 24.2 Å². The van der Waals surface area contributed by atoms with E-state index in [1.807, 2.05) is 18.2 Å². The number of aryl methyl sites for hydroxylation is 1. The van der Waals surface area contributed by atoms with Gasteiger partial charge in [0, 0.05) is 38.3 Å². The highest BCUT2D eigenvalue weighted by Crippen LogP contribution is 2.39. The molecule has 1 unspecified atom stereocenters. The molecule has 5 N–H and O–H groups in total. The number of hydrogen-bond acceptors (Lipinski definition) is 6. The zero-order valence-corrected chi connectivity index (χ0v) is 29.2. The van der Waals surface area contributed by atoms with Crippen molar-refractivity contribution in [2.24, 2.45) is 24.8 Å². The van der Waals surface area contributed by atoms with Crippen molar-refractivity contribution in [1.82, 2.24) is 30.6 Å².